The van der Waals surface area contributed by atoms with E-state index in [-0.39, 0.29) is 12.3 Å². The van der Waals surface area contributed by atoms with Gasteiger partial charge in [-0.05, 0) is 25.5 Å². The van der Waals surface area contributed by atoms with Crippen LogP contribution in [0.25, 0.3) is 0 Å². The molecular weight excluding hydrogens is 392 g/mol. The van der Waals surface area contributed by atoms with E-state index >= 15 is 0 Å². The molecule has 1 aromatic carbocycles. The highest BCUT2D eigenvalue weighted by Gasteiger charge is 2.53. The van der Waals surface area contributed by atoms with Gasteiger partial charge in [0.05, 0.1) is 10.8 Å². The zero-order chi connectivity index (χ0) is 21.5. The molecule has 1 aliphatic rings. The van der Waals surface area contributed by atoms with Crippen LogP contribution in [0, 0.1) is 5.41 Å². The first-order valence-electron chi connectivity index (χ1n) is 9.10. The fourth-order valence-electron chi connectivity index (χ4n) is 3.74. The highest BCUT2D eigenvalue weighted by molar-refractivity contribution is 8.00. The average Bonchev–Trinajstić information content (AvgIpc) is 2.71. The van der Waals surface area contributed by atoms with Gasteiger partial charge < -0.3 is 9.47 Å². The van der Waals surface area contributed by atoms with Crippen molar-refractivity contribution in [2.45, 2.75) is 23.6 Å². The summed E-state index contributed by atoms with van der Waals surface area (Å²) in [5.41, 5.74) is -1.59. The second-order valence-corrected chi connectivity index (χ2v) is 8.70. The zero-order valence-corrected chi connectivity index (χ0v) is 17.9. The van der Waals surface area contributed by atoms with Gasteiger partial charge in [0.25, 0.3) is 5.56 Å². The minimum absolute atomic E-state index is 0.0963. The molecule has 3 rings (SSSR count). The number of amides is 3. The summed E-state index contributed by atoms with van der Waals surface area (Å²) >= 11 is 1.41. The van der Waals surface area contributed by atoms with Crippen molar-refractivity contribution in [2.24, 2.45) is 19.5 Å². The summed E-state index contributed by atoms with van der Waals surface area (Å²) < 4.78 is 2.36. The molecule has 2 unspecified atom stereocenters. The maximum Gasteiger partial charge on any atom is 0.330 e. The van der Waals surface area contributed by atoms with Gasteiger partial charge in [-0.25, -0.2) is 9.59 Å². The summed E-state index contributed by atoms with van der Waals surface area (Å²) in [7, 11) is 6.08. The first-order valence-corrected chi connectivity index (χ1v) is 9.98. The quantitative estimate of drug-likeness (QED) is 0.750. The van der Waals surface area contributed by atoms with Gasteiger partial charge in [0, 0.05) is 44.8 Å². The first-order chi connectivity index (χ1) is 13.6. The fraction of sp³-hybridized carbons (Fsp3) is 0.400. The van der Waals surface area contributed by atoms with Crippen molar-refractivity contribution >= 4 is 23.7 Å². The molecule has 2 aromatic rings. The molecule has 1 saturated heterocycles. The molecule has 0 N–H and O–H groups in total. The Morgan fingerprint density at radius 2 is 1.62 bits per heavy atom. The molecule has 2 heterocycles. The molecule has 1 fully saturated rings. The fourth-order valence-corrected chi connectivity index (χ4v) is 5.00. The van der Waals surface area contributed by atoms with Gasteiger partial charge in [0.2, 0.25) is 5.91 Å². The van der Waals surface area contributed by atoms with Crippen LogP contribution in [0.1, 0.15) is 12.5 Å². The van der Waals surface area contributed by atoms with Crippen LogP contribution in [0.2, 0.25) is 0 Å². The van der Waals surface area contributed by atoms with E-state index < -0.39 is 28.1 Å². The summed E-state index contributed by atoms with van der Waals surface area (Å²) in [5, 5.41) is -0.525. The second-order valence-electron chi connectivity index (χ2n) is 7.55. The standard InChI is InChI=1S/C20H24N4O4S/c1-20(11-13-12-21(2)18(27)22(3)15(13)25)16(26)23(4)19(28)24(5)17(20)29-14-9-7-6-8-10-14/h6-10,12,17H,11H2,1-5H3. The van der Waals surface area contributed by atoms with Gasteiger partial charge in [0.1, 0.15) is 0 Å². The lowest BCUT2D eigenvalue weighted by Crippen LogP contribution is -2.64. The molecule has 0 aliphatic carbocycles. The number of nitrogens with zero attached hydrogens (tertiary/aromatic N) is 4. The predicted molar refractivity (Wildman–Crippen MR) is 111 cm³/mol. The van der Waals surface area contributed by atoms with E-state index in [9.17, 15) is 19.2 Å². The molecular formula is C20H24N4O4S. The van der Waals surface area contributed by atoms with E-state index in [0.717, 1.165) is 14.4 Å². The minimum Gasteiger partial charge on any atom is -0.314 e. The van der Waals surface area contributed by atoms with Gasteiger partial charge in [-0.3, -0.25) is 19.1 Å². The molecule has 0 bridgehead atoms. The number of rotatable bonds is 4. The van der Waals surface area contributed by atoms with Crippen LogP contribution in [-0.2, 0) is 25.3 Å². The Bertz CT molecular complexity index is 1080. The third-order valence-electron chi connectivity index (χ3n) is 5.34. The zero-order valence-electron chi connectivity index (χ0n) is 17.1. The Morgan fingerprint density at radius 3 is 2.24 bits per heavy atom. The normalized spacial score (nSPS) is 22.3. The Morgan fingerprint density at radius 1 is 1.00 bits per heavy atom. The lowest BCUT2D eigenvalue weighted by Gasteiger charge is -2.47. The predicted octanol–water partition coefficient (Wildman–Crippen LogP) is 1.28. The van der Waals surface area contributed by atoms with E-state index in [1.54, 1.807) is 21.0 Å². The summed E-state index contributed by atoms with van der Waals surface area (Å²) in [6.07, 6.45) is 1.57. The first kappa shape index (κ1) is 20.9. The molecule has 9 heteroatoms. The number of urea groups is 1. The lowest BCUT2D eigenvalue weighted by molar-refractivity contribution is -0.142. The van der Waals surface area contributed by atoms with Gasteiger partial charge >= 0.3 is 11.7 Å². The molecule has 1 aromatic heterocycles. The summed E-state index contributed by atoms with van der Waals surface area (Å²) in [4.78, 5) is 54.1. The number of aryl methyl sites for hydroxylation is 1. The Labute approximate surface area is 172 Å². The van der Waals surface area contributed by atoms with Crippen LogP contribution < -0.4 is 11.2 Å². The highest BCUT2D eigenvalue weighted by atomic mass is 32.2. The van der Waals surface area contributed by atoms with Gasteiger partial charge in [-0.1, -0.05) is 30.0 Å². The van der Waals surface area contributed by atoms with Crippen LogP contribution in [0.15, 0.2) is 51.0 Å². The molecule has 3 amide bonds. The van der Waals surface area contributed by atoms with E-state index in [4.69, 9.17) is 0 Å². The highest BCUT2D eigenvalue weighted by Crippen LogP contribution is 2.43. The Hall–Kier alpha value is -2.81. The molecule has 2 atom stereocenters. The van der Waals surface area contributed by atoms with E-state index in [0.29, 0.717) is 5.56 Å². The lowest BCUT2D eigenvalue weighted by atomic mass is 9.80. The van der Waals surface area contributed by atoms with Crippen LogP contribution in [0.4, 0.5) is 4.79 Å². The van der Waals surface area contributed by atoms with Crippen LogP contribution >= 0.6 is 11.8 Å². The van der Waals surface area contributed by atoms with Crippen LogP contribution in [0.5, 0.6) is 0 Å². The largest absolute Gasteiger partial charge is 0.330 e. The van der Waals surface area contributed by atoms with Gasteiger partial charge in [0.15, 0.2) is 0 Å². The third-order valence-corrected chi connectivity index (χ3v) is 6.95. The Kier molecular flexibility index (Phi) is 5.44. The number of hydrogen-bond donors (Lipinski definition) is 0. The van der Waals surface area contributed by atoms with Gasteiger partial charge in [-0.15, -0.1) is 0 Å². The third kappa shape index (κ3) is 3.50. The van der Waals surface area contributed by atoms with Crippen molar-refractivity contribution in [3.05, 3.63) is 62.9 Å². The maximum absolute atomic E-state index is 13.2. The minimum atomic E-state index is -1.07. The van der Waals surface area contributed by atoms with Crippen molar-refractivity contribution in [1.29, 1.82) is 0 Å². The number of thioether (sulfide) groups is 1. The van der Waals surface area contributed by atoms with Crippen LogP contribution in [-0.4, -0.2) is 50.3 Å². The van der Waals surface area contributed by atoms with Crippen molar-refractivity contribution in [3.63, 3.8) is 0 Å². The van der Waals surface area contributed by atoms with Crippen molar-refractivity contribution in [1.82, 2.24) is 18.9 Å². The van der Waals surface area contributed by atoms with Crippen LogP contribution in [0.3, 0.4) is 0 Å². The number of imide groups is 1. The SMILES string of the molecule is CN1C(=O)N(C)C(Sc2ccccc2)C(C)(Cc2cn(C)c(=O)n(C)c2=O)C1=O. The molecule has 0 radical (unpaired) electrons. The average molecular weight is 417 g/mol. The van der Waals surface area contributed by atoms with Crippen molar-refractivity contribution in [2.75, 3.05) is 14.1 Å². The Balaban J connectivity index is 2.10. The molecule has 0 spiro atoms. The number of carbonyl (C=O) groups is 2. The van der Waals surface area contributed by atoms with E-state index in [2.05, 4.69) is 0 Å². The van der Waals surface area contributed by atoms with Crippen molar-refractivity contribution in [3.8, 4) is 0 Å². The smallest absolute Gasteiger partial charge is 0.314 e. The van der Waals surface area contributed by atoms with E-state index in [1.165, 1.54) is 41.5 Å². The van der Waals surface area contributed by atoms with E-state index in [1.807, 2.05) is 30.3 Å². The summed E-state index contributed by atoms with van der Waals surface area (Å²) in [6.45, 7) is 1.76. The second kappa shape index (κ2) is 7.55. The molecule has 8 nitrogen and oxygen atoms in total. The number of aromatic nitrogens is 2. The number of benzene rings is 1. The summed E-state index contributed by atoms with van der Waals surface area (Å²) in [6, 6.07) is 9.11. The number of carbonyl (C=O) groups excluding carboxylic acids is 2. The molecule has 154 valence electrons. The topological polar surface area (TPSA) is 84.6 Å². The molecule has 1 aliphatic heterocycles. The number of hydrogen-bond acceptors (Lipinski definition) is 5. The maximum atomic E-state index is 13.2. The monoisotopic (exact) mass is 416 g/mol. The molecule has 29 heavy (non-hydrogen) atoms. The molecule has 0 saturated carbocycles. The van der Waals surface area contributed by atoms with Gasteiger partial charge in [-0.2, -0.15) is 0 Å². The summed E-state index contributed by atoms with van der Waals surface area (Å²) in [5.74, 6) is -0.357. The van der Waals surface area contributed by atoms with Crippen molar-refractivity contribution < 1.29 is 9.59 Å².